The standard InChI is InChI=1S/C18H12ClFN4O2/c1-10(25)24(23-16-5-2-12(19)6-15(16)20)18-11(8-21)9-22-17-7-13(26)3-4-14(17)18/h2-7,9,23,26H,1H3. The van der Waals surface area contributed by atoms with E-state index in [0.717, 1.165) is 11.1 Å². The fraction of sp³-hybridized carbons (Fsp3) is 0.0556. The quantitative estimate of drug-likeness (QED) is 0.680. The molecule has 6 nitrogen and oxygen atoms in total. The minimum Gasteiger partial charge on any atom is -0.508 e. The number of pyridine rings is 1. The van der Waals surface area contributed by atoms with E-state index in [1.54, 1.807) is 0 Å². The Morgan fingerprint density at radius 1 is 1.35 bits per heavy atom. The molecule has 26 heavy (non-hydrogen) atoms. The van der Waals surface area contributed by atoms with Crippen molar-refractivity contribution in [2.75, 3.05) is 10.4 Å². The molecular formula is C18H12ClFN4O2. The number of benzene rings is 2. The topological polar surface area (TPSA) is 89.3 Å². The van der Waals surface area contributed by atoms with Crippen molar-refractivity contribution in [3.05, 3.63) is 59.0 Å². The summed E-state index contributed by atoms with van der Waals surface area (Å²) in [6.45, 7) is 1.27. The van der Waals surface area contributed by atoms with E-state index in [1.807, 2.05) is 6.07 Å². The molecule has 0 radical (unpaired) electrons. The van der Waals surface area contributed by atoms with Crippen LogP contribution in [0.4, 0.5) is 15.8 Å². The Bertz CT molecular complexity index is 1060. The molecule has 3 rings (SSSR count). The molecule has 0 unspecified atom stereocenters. The average molecular weight is 371 g/mol. The summed E-state index contributed by atoms with van der Waals surface area (Å²) in [5.41, 5.74) is 3.39. The summed E-state index contributed by atoms with van der Waals surface area (Å²) < 4.78 is 14.1. The van der Waals surface area contributed by atoms with Gasteiger partial charge in [0.25, 0.3) is 0 Å². The molecule has 1 heterocycles. The van der Waals surface area contributed by atoms with Crippen molar-refractivity contribution in [3.63, 3.8) is 0 Å². The Morgan fingerprint density at radius 2 is 2.12 bits per heavy atom. The molecule has 0 aliphatic carbocycles. The van der Waals surface area contributed by atoms with Gasteiger partial charge < -0.3 is 5.11 Å². The lowest BCUT2D eigenvalue weighted by molar-refractivity contribution is -0.116. The first-order chi connectivity index (χ1) is 12.4. The molecule has 130 valence electrons. The maximum atomic E-state index is 14.1. The Kier molecular flexibility index (Phi) is 4.61. The fourth-order valence-corrected chi connectivity index (χ4v) is 2.64. The van der Waals surface area contributed by atoms with E-state index in [1.165, 1.54) is 43.5 Å². The molecule has 0 saturated carbocycles. The predicted molar refractivity (Wildman–Crippen MR) is 96.3 cm³/mol. The zero-order valence-electron chi connectivity index (χ0n) is 13.5. The Hall–Kier alpha value is -3.37. The van der Waals surface area contributed by atoms with E-state index < -0.39 is 11.7 Å². The molecule has 0 spiro atoms. The molecule has 2 N–H and O–H groups in total. The fourth-order valence-electron chi connectivity index (χ4n) is 2.48. The SMILES string of the molecule is CC(=O)N(Nc1ccc(Cl)cc1F)c1c(C#N)cnc2cc(O)ccc12. The van der Waals surface area contributed by atoms with Crippen molar-refractivity contribution < 1.29 is 14.3 Å². The summed E-state index contributed by atoms with van der Waals surface area (Å²) >= 11 is 5.75. The van der Waals surface area contributed by atoms with Crippen LogP contribution in [-0.4, -0.2) is 16.0 Å². The number of anilines is 2. The first kappa shape index (κ1) is 17.5. The number of carbonyl (C=O) groups excluding carboxylic acids is 1. The predicted octanol–water partition coefficient (Wildman–Crippen LogP) is 3.98. The number of nitrogens with one attached hydrogen (secondary N) is 1. The lowest BCUT2D eigenvalue weighted by Crippen LogP contribution is -2.35. The number of fused-ring (bicyclic) bond motifs is 1. The molecule has 0 aliphatic rings. The van der Waals surface area contributed by atoms with Gasteiger partial charge in [-0.2, -0.15) is 5.26 Å². The second-order valence-corrected chi connectivity index (χ2v) is 5.86. The van der Waals surface area contributed by atoms with E-state index in [-0.39, 0.29) is 27.7 Å². The smallest absolute Gasteiger partial charge is 0.242 e. The molecule has 0 atom stereocenters. The van der Waals surface area contributed by atoms with Crippen LogP contribution in [0.15, 0.2) is 42.6 Å². The van der Waals surface area contributed by atoms with E-state index in [2.05, 4.69) is 10.4 Å². The summed E-state index contributed by atoms with van der Waals surface area (Å²) in [5.74, 6) is -1.14. The van der Waals surface area contributed by atoms with Gasteiger partial charge >= 0.3 is 0 Å². The third kappa shape index (κ3) is 3.23. The molecule has 2 aromatic carbocycles. The third-order valence-corrected chi connectivity index (χ3v) is 3.88. The van der Waals surface area contributed by atoms with Gasteiger partial charge in [0.05, 0.1) is 22.5 Å². The Morgan fingerprint density at radius 3 is 2.77 bits per heavy atom. The molecule has 0 saturated heterocycles. The number of hydrogen-bond acceptors (Lipinski definition) is 5. The third-order valence-electron chi connectivity index (χ3n) is 3.65. The first-order valence-electron chi connectivity index (χ1n) is 7.45. The maximum absolute atomic E-state index is 14.1. The van der Waals surface area contributed by atoms with Crippen LogP contribution in [0.5, 0.6) is 5.75 Å². The summed E-state index contributed by atoms with van der Waals surface area (Å²) in [5, 5.41) is 20.8. The summed E-state index contributed by atoms with van der Waals surface area (Å²) in [6, 6.07) is 10.3. The number of phenols is 1. The minimum atomic E-state index is -0.654. The number of aromatic nitrogens is 1. The highest BCUT2D eigenvalue weighted by Gasteiger charge is 2.21. The van der Waals surface area contributed by atoms with E-state index in [0.29, 0.717) is 10.9 Å². The molecule has 3 aromatic rings. The number of phenolic OH excluding ortho intramolecular Hbond substituents is 1. The summed E-state index contributed by atoms with van der Waals surface area (Å²) in [6.07, 6.45) is 1.28. The number of aromatic hydroxyl groups is 1. The van der Waals surface area contributed by atoms with Crippen LogP contribution in [0.2, 0.25) is 5.02 Å². The highest BCUT2D eigenvalue weighted by molar-refractivity contribution is 6.30. The number of carbonyl (C=O) groups is 1. The van der Waals surface area contributed by atoms with Gasteiger partial charge in [-0.1, -0.05) is 11.6 Å². The van der Waals surface area contributed by atoms with Crippen molar-refractivity contribution in [2.24, 2.45) is 0 Å². The number of hydrazine groups is 1. The van der Waals surface area contributed by atoms with E-state index in [9.17, 15) is 19.6 Å². The number of nitrogens with zero attached hydrogens (tertiary/aromatic N) is 3. The van der Waals surface area contributed by atoms with Crippen LogP contribution in [-0.2, 0) is 4.79 Å². The Labute approximate surface area is 153 Å². The van der Waals surface area contributed by atoms with E-state index >= 15 is 0 Å². The monoisotopic (exact) mass is 370 g/mol. The van der Waals surface area contributed by atoms with Gasteiger partial charge in [0.2, 0.25) is 5.91 Å². The molecule has 1 aromatic heterocycles. The molecule has 1 amide bonds. The number of hydrogen-bond donors (Lipinski definition) is 2. The number of amides is 1. The van der Waals surface area contributed by atoms with E-state index in [4.69, 9.17) is 11.6 Å². The van der Waals surface area contributed by atoms with Gasteiger partial charge in [-0.15, -0.1) is 0 Å². The molecule has 8 heteroatoms. The molecule has 0 fully saturated rings. The number of rotatable bonds is 3. The molecule has 0 bridgehead atoms. The van der Waals surface area contributed by atoms with Crippen molar-refractivity contribution in [2.45, 2.75) is 6.92 Å². The van der Waals surface area contributed by atoms with Gasteiger partial charge in [0.1, 0.15) is 17.6 Å². The molecule has 0 aliphatic heterocycles. The highest BCUT2D eigenvalue weighted by Crippen LogP contribution is 2.32. The van der Waals surface area contributed by atoms with Gasteiger partial charge in [-0.05, 0) is 30.3 Å². The van der Waals surface area contributed by atoms with Crippen molar-refractivity contribution in [1.82, 2.24) is 4.98 Å². The van der Waals surface area contributed by atoms with Crippen molar-refractivity contribution in [3.8, 4) is 11.8 Å². The first-order valence-corrected chi connectivity index (χ1v) is 7.82. The van der Waals surface area contributed by atoms with Crippen LogP contribution >= 0.6 is 11.6 Å². The second-order valence-electron chi connectivity index (χ2n) is 5.42. The van der Waals surface area contributed by atoms with Gasteiger partial charge in [0, 0.05) is 29.6 Å². The van der Waals surface area contributed by atoms with Gasteiger partial charge in [-0.25, -0.2) is 9.40 Å². The van der Waals surface area contributed by atoms with Crippen LogP contribution in [0.1, 0.15) is 12.5 Å². The second kappa shape index (κ2) is 6.86. The Balaban J connectivity index is 2.19. The largest absolute Gasteiger partial charge is 0.508 e. The summed E-state index contributed by atoms with van der Waals surface area (Å²) in [4.78, 5) is 16.4. The maximum Gasteiger partial charge on any atom is 0.242 e. The lowest BCUT2D eigenvalue weighted by Gasteiger charge is -2.25. The molecular weight excluding hydrogens is 359 g/mol. The van der Waals surface area contributed by atoms with Crippen LogP contribution in [0.25, 0.3) is 10.9 Å². The number of halogens is 2. The van der Waals surface area contributed by atoms with Crippen LogP contribution in [0, 0.1) is 17.1 Å². The van der Waals surface area contributed by atoms with Crippen molar-refractivity contribution >= 4 is 39.8 Å². The lowest BCUT2D eigenvalue weighted by atomic mass is 10.1. The van der Waals surface area contributed by atoms with Crippen LogP contribution < -0.4 is 10.4 Å². The minimum absolute atomic E-state index is 0.00765. The van der Waals surface area contributed by atoms with Gasteiger partial charge in [0.15, 0.2) is 0 Å². The van der Waals surface area contributed by atoms with Gasteiger partial charge in [-0.3, -0.25) is 15.2 Å². The van der Waals surface area contributed by atoms with Crippen molar-refractivity contribution in [1.29, 1.82) is 5.26 Å². The number of nitriles is 1. The average Bonchev–Trinajstić information content (AvgIpc) is 2.60. The zero-order valence-corrected chi connectivity index (χ0v) is 14.3. The normalized spacial score (nSPS) is 10.4. The summed E-state index contributed by atoms with van der Waals surface area (Å²) in [7, 11) is 0. The zero-order chi connectivity index (χ0) is 18.8. The highest BCUT2D eigenvalue weighted by atomic mass is 35.5. The van der Waals surface area contributed by atoms with Crippen LogP contribution in [0.3, 0.4) is 0 Å².